The minimum atomic E-state index is -1.07. The zero-order valence-corrected chi connectivity index (χ0v) is 11.5. The number of carbonyl (C=O) groups is 1. The Hall–Kier alpha value is -0.650. The summed E-state index contributed by atoms with van der Waals surface area (Å²) in [4.78, 5) is 11.8. The fraction of sp³-hybridized carbons (Fsp3) is 0.917. The third-order valence-corrected chi connectivity index (χ3v) is 2.79. The van der Waals surface area contributed by atoms with E-state index in [-0.39, 0.29) is 12.0 Å². The molecule has 0 saturated heterocycles. The molecule has 1 unspecified atom stereocenters. The molecule has 17 heavy (non-hydrogen) atoms. The number of aliphatic hydroxyl groups is 2. The minimum Gasteiger partial charge on any atom is -0.396 e. The number of rotatable bonds is 7. The highest BCUT2D eigenvalue weighted by atomic mass is 16.3. The van der Waals surface area contributed by atoms with Crippen molar-refractivity contribution < 1.29 is 15.0 Å². The van der Waals surface area contributed by atoms with Gasteiger partial charge in [-0.1, -0.05) is 27.7 Å². The molecule has 0 aromatic heterocycles. The number of nitrogens with one attached hydrogen (secondary N) is 2. The van der Waals surface area contributed by atoms with Crippen LogP contribution in [0, 0.1) is 10.8 Å². The Morgan fingerprint density at radius 2 is 1.76 bits per heavy atom. The monoisotopic (exact) mass is 246 g/mol. The molecule has 1 atom stereocenters. The van der Waals surface area contributed by atoms with E-state index in [0.29, 0.717) is 13.1 Å². The smallest absolute Gasteiger partial charge is 0.249 e. The van der Waals surface area contributed by atoms with Gasteiger partial charge >= 0.3 is 0 Å². The molecule has 0 aliphatic carbocycles. The Kier molecular flexibility index (Phi) is 6.09. The first kappa shape index (κ1) is 16.4. The Morgan fingerprint density at radius 3 is 2.18 bits per heavy atom. The lowest BCUT2D eigenvalue weighted by Gasteiger charge is -2.30. The van der Waals surface area contributed by atoms with Crippen molar-refractivity contribution >= 4 is 5.91 Å². The lowest BCUT2D eigenvalue weighted by atomic mass is 9.85. The Morgan fingerprint density at radius 1 is 1.24 bits per heavy atom. The number of amides is 1. The molecule has 0 radical (unpaired) electrons. The van der Waals surface area contributed by atoms with E-state index in [1.54, 1.807) is 7.05 Å². The Labute approximate surface area is 104 Å². The van der Waals surface area contributed by atoms with Crippen molar-refractivity contribution in [1.29, 1.82) is 0 Å². The highest BCUT2D eigenvalue weighted by Gasteiger charge is 2.33. The van der Waals surface area contributed by atoms with Crippen molar-refractivity contribution in [2.24, 2.45) is 10.8 Å². The van der Waals surface area contributed by atoms with Crippen molar-refractivity contribution in [3.63, 3.8) is 0 Å². The molecule has 0 rings (SSSR count). The number of aliphatic hydroxyl groups excluding tert-OH is 2. The van der Waals surface area contributed by atoms with Crippen molar-refractivity contribution in [1.82, 2.24) is 10.6 Å². The van der Waals surface area contributed by atoms with Crippen molar-refractivity contribution in [3.05, 3.63) is 0 Å². The summed E-state index contributed by atoms with van der Waals surface area (Å²) in [6.45, 7) is 8.22. The quantitative estimate of drug-likeness (QED) is 0.498. The molecule has 0 aromatic carbocycles. The maximum absolute atomic E-state index is 11.8. The maximum atomic E-state index is 11.8. The van der Waals surface area contributed by atoms with Crippen LogP contribution in [0.5, 0.6) is 0 Å². The van der Waals surface area contributed by atoms with Crippen molar-refractivity contribution in [2.75, 3.05) is 26.7 Å². The molecule has 0 bridgehead atoms. The van der Waals surface area contributed by atoms with E-state index < -0.39 is 17.4 Å². The van der Waals surface area contributed by atoms with Gasteiger partial charge < -0.3 is 20.8 Å². The molecule has 5 heteroatoms. The third kappa shape index (κ3) is 5.48. The molecule has 0 saturated carbocycles. The largest absolute Gasteiger partial charge is 0.396 e. The van der Waals surface area contributed by atoms with Crippen LogP contribution >= 0.6 is 0 Å². The average Bonchev–Trinajstić information content (AvgIpc) is 2.25. The fourth-order valence-corrected chi connectivity index (χ4v) is 1.39. The van der Waals surface area contributed by atoms with Gasteiger partial charge in [0.1, 0.15) is 6.10 Å². The van der Waals surface area contributed by atoms with Crippen molar-refractivity contribution in [3.8, 4) is 0 Å². The van der Waals surface area contributed by atoms with Crippen LogP contribution in [-0.4, -0.2) is 49.0 Å². The molecule has 0 aromatic rings. The molecule has 0 aliphatic heterocycles. The summed E-state index contributed by atoms with van der Waals surface area (Å²) in [7, 11) is 1.78. The molecule has 0 fully saturated rings. The van der Waals surface area contributed by atoms with Crippen LogP contribution < -0.4 is 10.6 Å². The van der Waals surface area contributed by atoms with Gasteiger partial charge in [0.05, 0.1) is 0 Å². The van der Waals surface area contributed by atoms with Gasteiger partial charge in [-0.25, -0.2) is 0 Å². The summed E-state index contributed by atoms with van der Waals surface area (Å²) in [6, 6.07) is 0. The summed E-state index contributed by atoms with van der Waals surface area (Å²) < 4.78 is 0. The highest BCUT2D eigenvalue weighted by Crippen LogP contribution is 2.20. The van der Waals surface area contributed by atoms with Gasteiger partial charge in [-0.2, -0.15) is 0 Å². The zero-order valence-electron chi connectivity index (χ0n) is 11.5. The van der Waals surface area contributed by atoms with Gasteiger partial charge in [-0.3, -0.25) is 4.79 Å². The molecule has 0 aliphatic rings. The van der Waals surface area contributed by atoms with E-state index in [9.17, 15) is 9.90 Å². The summed E-state index contributed by atoms with van der Waals surface area (Å²) in [5.74, 6) is -0.397. The first-order valence-electron chi connectivity index (χ1n) is 5.87. The van der Waals surface area contributed by atoms with Crippen LogP contribution in [0.15, 0.2) is 0 Å². The maximum Gasteiger partial charge on any atom is 0.249 e. The van der Waals surface area contributed by atoms with Gasteiger partial charge in [0.25, 0.3) is 0 Å². The number of hydrogen-bond donors (Lipinski definition) is 4. The second kappa shape index (κ2) is 6.33. The molecule has 102 valence electrons. The van der Waals surface area contributed by atoms with E-state index in [4.69, 9.17) is 5.11 Å². The first-order valence-corrected chi connectivity index (χ1v) is 5.87. The summed E-state index contributed by atoms with van der Waals surface area (Å²) >= 11 is 0. The first-order chi connectivity index (χ1) is 7.66. The molecule has 0 heterocycles. The van der Waals surface area contributed by atoms with E-state index >= 15 is 0 Å². The van der Waals surface area contributed by atoms with E-state index in [0.717, 1.165) is 0 Å². The van der Waals surface area contributed by atoms with Crippen molar-refractivity contribution in [2.45, 2.75) is 33.8 Å². The molecule has 4 N–H and O–H groups in total. The van der Waals surface area contributed by atoms with Gasteiger partial charge in [0, 0.05) is 30.5 Å². The van der Waals surface area contributed by atoms with E-state index in [2.05, 4.69) is 10.6 Å². The lowest BCUT2D eigenvalue weighted by molar-refractivity contribution is -0.135. The summed E-state index contributed by atoms with van der Waals surface area (Å²) in [5, 5.41) is 24.6. The molecule has 1 amide bonds. The van der Waals surface area contributed by atoms with Gasteiger partial charge in [0.15, 0.2) is 0 Å². The van der Waals surface area contributed by atoms with Crippen LogP contribution in [-0.2, 0) is 4.79 Å². The number of hydrogen-bond acceptors (Lipinski definition) is 4. The summed E-state index contributed by atoms with van der Waals surface area (Å²) in [6.07, 6.45) is -1.07. The minimum absolute atomic E-state index is 0.0106. The van der Waals surface area contributed by atoms with Crippen LogP contribution in [0.1, 0.15) is 27.7 Å². The normalized spacial score (nSPS) is 14.5. The number of carbonyl (C=O) groups excluding carboxylic acids is 1. The van der Waals surface area contributed by atoms with E-state index in [1.165, 1.54) is 0 Å². The van der Waals surface area contributed by atoms with Crippen LogP contribution in [0.4, 0.5) is 0 Å². The second-order valence-electron chi connectivity index (χ2n) is 5.96. The summed E-state index contributed by atoms with van der Waals surface area (Å²) in [5.41, 5.74) is -0.898. The SMILES string of the molecule is CNCC(C)(C)C(O)C(=O)NCC(C)(C)CO. The average molecular weight is 246 g/mol. The third-order valence-electron chi connectivity index (χ3n) is 2.79. The Bertz CT molecular complexity index is 252. The highest BCUT2D eigenvalue weighted by molar-refractivity contribution is 5.81. The Balaban J connectivity index is 4.33. The van der Waals surface area contributed by atoms with Crippen LogP contribution in [0.2, 0.25) is 0 Å². The van der Waals surface area contributed by atoms with E-state index in [1.807, 2.05) is 27.7 Å². The predicted molar refractivity (Wildman–Crippen MR) is 67.6 cm³/mol. The molecule has 5 nitrogen and oxygen atoms in total. The van der Waals surface area contributed by atoms with Crippen LogP contribution in [0.25, 0.3) is 0 Å². The second-order valence-corrected chi connectivity index (χ2v) is 5.96. The topological polar surface area (TPSA) is 81.6 Å². The van der Waals surface area contributed by atoms with Crippen LogP contribution in [0.3, 0.4) is 0 Å². The zero-order chi connectivity index (χ0) is 13.7. The molecular weight excluding hydrogens is 220 g/mol. The lowest BCUT2D eigenvalue weighted by Crippen LogP contribution is -2.49. The van der Waals surface area contributed by atoms with Gasteiger partial charge in [-0.05, 0) is 7.05 Å². The molecular formula is C12H26N2O3. The predicted octanol–water partition coefficient (Wildman–Crippen LogP) is -0.272. The van der Waals surface area contributed by atoms with Gasteiger partial charge in [-0.15, -0.1) is 0 Å². The molecule has 0 spiro atoms. The van der Waals surface area contributed by atoms with Gasteiger partial charge in [0.2, 0.25) is 5.91 Å². The standard InChI is InChI=1S/C12H26N2O3/c1-11(2,8-15)6-14-10(17)9(16)12(3,4)7-13-5/h9,13,15-16H,6-8H2,1-5H3,(H,14,17). The fourth-order valence-electron chi connectivity index (χ4n) is 1.39.